The summed E-state index contributed by atoms with van der Waals surface area (Å²) in [6.45, 7) is 3.45. The molecule has 90 valence electrons. The number of halogens is 1. The Morgan fingerprint density at radius 2 is 2.12 bits per heavy atom. The molecule has 0 saturated heterocycles. The van der Waals surface area contributed by atoms with Crippen LogP contribution in [0.15, 0.2) is 12.1 Å². The van der Waals surface area contributed by atoms with Gasteiger partial charge in [0, 0.05) is 18.2 Å². The van der Waals surface area contributed by atoms with Crippen LogP contribution in [-0.4, -0.2) is 32.3 Å². The lowest BCUT2D eigenvalue weighted by atomic mass is 10.1. The molecule has 0 aliphatic carbocycles. The molecule has 0 aliphatic rings. The SMILES string of the molecule is COc1c(C)cc(Cl)cc1CCN(C)CN. The van der Waals surface area contributed by atoms with Crippen molar-refractivity contribution < 1.29 is 4.74 Å². The van der Waals surface area contributed by atoms with E-state index in [0.717, 1.165) is 34.9 Å². The molecule has 0 aliphatic heterocycles. The molecule has 0 fully saturated rings. The van der Waals surface area contributed by atoms with E-state index in [2.05, 4.69) is 4.90 Å². The van der Waals surface area contributed by atoms with Gasteiger partial charge >= 0.3 is 0 Å². The summed E-state index contributed by atoms with van der Waals surface area (Å²) in [7, 11) is 3.68. The summed E-state index contributed by atoms with van der Waals surface area (Å²) in [5, 5.41) is 0.753. The van der Waals surface area contributed by atoms with Gasteiger partial charge < -0.3 is 10.5 Å². The highest BCUT2D eigenvalue weighted by Gasteiger charge is 2.08. The normalized spacial score (nSPS) is 10.9. The number of rotatable bonds is 5. The zero-order valence-corrected chi connectivity index (χ0v) is 10.8. The van der Waals surface area contributed by atoms with Gasteiger partial charge in [-0.1, -0.05) is 11.6 Å². The van der Waals surface area contributed by atoms with Crippen LogP contribution in [0.4, 0.5) is 0 Å². The molecule has 0 bridgehead atoms. The van der Waals surface area contributed by atoms with Gasteiger partial charge in [-0.3, -0.25) is 4.90 Å². The smallest absolute Gasteiger partial charge is 0.125 e. The number of aryl methyl sites for hydroxylation is 1. The summed E-state index contributed by atoms with van der Waals surface area (Å²) >= 11 is 6.03. The number of hydrogen-bond donors (Lipinski definition) is 1. The van der Waals surface area contributed by atoms with Crippen LogP contribution in [0.2, 0.25) is 5.02 Å². The van der Waals surface area contributed by atoms with Crippen LogP contribution in [-0.2, 0) is 6.42 Å². The number of nitrogens with two attached hydrogens (primary N) is 1. The summed E-state index contributed by atoms with van der Waals surface area (Å²) < 4.78 is 5.39. The van der Waals surface area contributed by atoms with Gasteiger partial charge in [-0.25, -0.2) is 0 Å². The van der Waals surface area contributed by atoms with Gasteiger partial charge in [-0.2, -0.15) is 0 Å². The fourth-order valence-corrected chi connectivity index (χ4v) is 1.98. The molecule has 0 amide bonds. The van der Waals surface area contributed by atoms with Gasteiger partial charge in [0.05, 0.1) is 7.11 Å². The molecule has 0 aromatic heterocycles. The quantitative estimate of drug-likeness (QED) is 0.804. The summed E-state index contributed by atoms with van der Waals surface area (Å²) in [4.78, 5) is 2.05. The molecule has 0 spiro atoms. The standard InChI is InChI=1S/C12H19ClN2O/c1-9-6-11(13)7-10(12(9)16-3)4-5-15(2)8-14/h6-7H,4-5,8,14H2,1-3H3. The Balaban J connectivity index is 2.85. The van der Waals surface area contributed by atoms with Crippen molar-refractivity contribution in [1.29, 1.82) is 0 Å². The van der Waals surface area contributed by atoms with Crippen molar-refractivity contribution in [2.75, 3.05) is 27.4 Å². The van der Waals surface area contributed by atoms with Gasteiger partial charge in [0.1, 0.15) is 5.75 Å². The highest BCUT2D eigenvalue weighted by molar-refractivity contribution is 6.30. The number of ether oxygens (including phenoxy) is 1. The number of hydrogen-bond acceptors (Lipinski definition) is 3. The van der Waals surface area contributed by atoms with Crippen molar-refractivity contribution in [1.82, 2.24) is 4.90 Å². The van der Waals surface area contributed by atoms with Crippen molar-refractivity contribution in [3.63, 3.8) is 0 Å². The second-order valence-electron chi connectivity index (χ2n) is 3.93. The van der Waals surface area contributed by atoms with Crippen molar-refractivity contribution in [2.45, 2.75) is 13.3 Å². The number of likely N-dealkylation sites (N-methyl/N-ethyl adjacent to an activating group) is 1. The monoisotopic (exact) mass is 242 g/mol. The zero-order chi connectivity index (χ0) is 12.1. The second kappa shape index (κ2) is 6.09. The molecular weight excluding hydrogens is 224 g/mol. The van der Waals surface area contributed by atoms with Crippen LogP contribution in [0.5, 0.6) is 5.75 Å². The first-order valence-electron chi connectivity index (χ1n) is 5.30. The van der Waals surface area contributed by atoms with Crippen LogP contribution < -0.4 is 10.5 Å². The third kappa shape index (κ3) is 3.37. The minimum absolute atomic E-state index is 0.557. The van der Waals surface area contributed by atoms with Crippen LogP contribution in [0.25, 0.3) is 0 Å². The summed E-state index contributed by atoms with van der Waals surface area (Å²) in [5.41, 5.74) is 7.74. The Morgan fingerprint density at radius 3 is 2.69 bits per heavy atom. The third-order valence-corrected chi connectivity index (χ3v) is 2.81. The predicted octanol–water partition coefficient (Wildman–Crippen LogP) is 2.05. The molecular formula is C12H19ClN2O. The lowest BCUT2D eigenvalue weighted by Gasteiger charge is -2.16. The third-order valence-electron chi connectivity index (χ3n) is 2.59. The largest absolute Gasteiger partial charge is 0.496 e. The van der Waals surface area contributed by atoms with E-state index >= 15 is 0 Å². The molecule has 1 aromatic rings. The van der Waals surface area contributed by atoms with Gasteiger partial charge in [-0.15, -0.1) is 0 Å². The molecule has 0 unspecified atom stereocenters. The molecule has 2 N–H and O–H groups in total. The average Bonchev–Trinajstić information content (AvgIpc) is 2.25. The summed E-state index contributed by atoms with van der Waals surface area (Å²) in [6.07, 6.45) is 0.887. The second-order valence-corrected chi connectivity index (χ2v) is 4.36. The van der Waals surface area contributed by atoms with Crippen LogP contribution in [0.1, 0.15) is 11.1 Å². The molecule has 0 heterocycles. The highest BCUT2D eigenvalue weighted by Crippen LogP contribution is 2.27. The topological polar surface area (TPSA) is 38.5 Å². The van der Waals surface area contributed by atoms with E-state index < -0.39 is 0 Å². The first-order valence-corrected chi connectivity index (χ1v) is 5.68. The average molecular weight is 243 g/mol. The Labute approximate surface area is 102 Å². The molecule has 16 heavy (non-hydrogen) atoms. The molecule has 0 saturated carbocycles. The molecule has 1 aromatic carbocycles. The Hall–Kier alpha value is -0.770. The molecule has 0 radical (unpaired) electrons. The molecule has 4 heteroatoms. The first-order chi connectivity index (χ1) is 7.58. The minimum atomic E-state index is 0.557. The lowest BCUT2D eigenvalue weighted by molar-refractivity contribution is 0.344. The maximum absolute atomic E-state index is 6.03. The van der Waals surface area contributed by atoms with Crippen molar-refractivity contribution in [2.24, 2.45) is 5.73 Å². The number of methoxy groups -OCH3 is 1. The van der Waals surface area contributed by atoms with E-state index in [1.165, 1.54) is 0 Å². The van der Waals surface area contributed by atoms with Crippen molar-refractivity contribution in [3.8, 4) is 5.75 Å². The van der Waals surface area contributed by atoms with E-state index in [-0.39, 0.29) is 0 Å². The zero-order valence-electron chi connectivity index (χ0n) is 10.1. The molecule has 0 atom stereocenters. The van der Waals surface area contributed by atoms with Crippen LogP contribution in [0, 0.1) is 6.92 Å². The van der Waals surface area contributed by atoms with Crippen LogP contribution in [0.3, 0.4) is 0 Å². The van der Waals surface area contributed by atoms with Gasteiger partial charge in [0.2, 0.25) is 0 Å². The Kier molecular flexibility index (Phi) is 5.06. The lowest BCUT2D eigenvalue weighted by Crippen LogP contribution is -2.27. The maximum atomic E-state index is 6.03. The van der Waals surface area contributed by atoms with Crippen LogP contribution >= 0.6 is 11.6 Å². The highest BCUT2D eigenvalue weighted by atomic mass is 35.5. The minimum Gasteiger partial charge on any atom is -0.496 e. The van der Waals surface area contributed by atoms with E-state index in [9.17, 15) is 0 Å². The van der Waals surface area contributed by atoms with Gasteiger partial charge in [0.15, 0.2) is 0 Å². The van der Waals surface area contributed by atoms with E-state index in [1.807, 2.05) is 26.1 Å². The van der Waals surface area contributed by atoms with Gasteiger partial charge in [-0.05, 0) is 43.7 Å². The fraction of sp³-hybridized carbons (Fsp3) is 0.500. The number of nitrogens with zero attached hydrogens (tertiary/aromatic N) is 1. The van der Waals surface area contributed by atoms with Gasteiger partial charge in [0.25, 0.3) is 0 Å². The van der Waals surface area contributed by atoms with Crippen molar-refractivity contribution in [3.05, 3.63) is 28.3 Å². The summed E-state index contributed by atoms with van der Waals surface area (Å²) in [6, 6.07) is 3.87. The van der Waals surface area contributed by atoms with E-state index in [1.54, 1.807) is 7.11 Å². The van der Waals surface area contributed by atoms with Crippen molar-refractivity contribution >= 4 is 11.6 Å². The Bertz CT molecular complexity index is 355. The fourth-order valence-electron chi connectivity index (χ4n) is 1.68. The molecule has 3 nitrogen and oxygen atoms in total. The van der Waals surface area contributed by atoms with E-state index in [4.69, 9.17) is 22.1 Å². The first kappa shape index (κ1) is 13.3. The summed E-state index contributed by atoms with van der Waals surface area (Å²) in [5.74, 6) is 0.926. The predicted molar refractivity (Wildman–Crippen MR) is 68.1 cm³/mol. The maximum Gasteiger partial charge on any atom is 0.125 e. The Morgan fingerprint density at radius 1 is 1.44 bits per heavy atom. The number of benzene rings is 1. The van der Waals surface area contributed by atoms with E-state index in [0.29, 0.717) is 6.67 Å². The molecule has 1 rings (SSSR count).